The molecule has 0 spiro atoms. The van der Waals surface area contributed by atoms with Crippen LogP contribution in [-0.4, -0.2) is 19.7 Å². The summed E-state index contributed by atoms with van der Waals surface area (Å²) in [5.41, 5.74) is 8.51. The van der Waals surface area contributed by atoms with Crippen molar-refractivity contribution in [1.82, 2.24) is 0 Å². The maximum atomic E-state index is 11.8. The number of carbonyl (C=O) groups is 1. The molecular weight excluding hydrogens is 280 g/mol. The molecule has 0 bridgehead atoms. The summed E-state index contributed by atoms with van der Waals surface area (Å²) in [6.07, 6.45) is 0.788. The summed E-state index contributed by atoms with van der Waals surface area (Å²) in [7, 11) is 1.62. The Kier molecular flexibility index (Phi) is 5.25. The van der Waals surface area contributed by atoms with E-state index in [2.05, 4.69) is 5.32 Å². The van der Waals surface area contributed by atoms with Crippen molar-refractivity contribution >= 4 is 23.0 Å². The number of rotatable bonds is 6. The van der Waals surface area contributed by atoms with E-state index in [-0.39, 0.29) is 5.97 Å². The van der Waals surface area contributed by atoms with E-state index in [4.69, 9.17) is 15.2 Å². The zero-order valence-corrected chi connectivity index (χ0v) is 12.8. The van der Waals surface area contributed by atoms with Gasteiger partial charge in [-0.3, -0.25) is 0 Å². The molecule has 2 aromatic rings. The topological polar surface area (TPSA) is 73.6 Å². The van der Waals surface area contributed by atoms with Gasteiger partial charge in [-0.1, -0.05) is 13.0 Å². The number of ether oxygens (including phenoxy) is 2. The van der Waals surface area contributed by atoms with Gasteiger partial charge in [0.05, 0.1) is 30.7 Å². The molecule has 0 unspecified atom stereocenters. The Labute approximate surface area is 130 Å². The molecule has 0 saturated carbocycles. The van der Waals surface area contributed by atoms with Crippen molar-refractivity contribution in [2.75, 3.05) is 24.8 Å². The average molecular weight is 300 g/mol. The van der Waals surface area contributed by atoms with Crippen LogP contribution >= 0.6 is 0 Å². The van der Waals surface area contributed by atoms with E-state index in [0.29, 0.717) is 17.9 Å². The van der Waals surface area contributed by atoms with Crippen LogP contribution < -0.4 is 15.8 Å². The van der Waals surface area contributed by atoms with Crippen molar-refractivity contribution in [2.24, 2.45) is 0 Å². The SMILES string of the molecule is CCCOC(=O)c1ccc(Nc2cccc(OC)c2)c(N)c1. The van der Waals surface area contributed by atoms with Crippen molar-refractivity contribution in [3.63, 3.8) is 0 Å². The van der Waals surface area contributed by atoms with E-state index in [0.717, 1.165) is 23.5 Å². The number of benzene rings is 2. The minimum atomic E-state index is -0.360. The molecule has 0 aromatic heterocycles. The first kappa shape index (κ1) is 15.7. The van der Waals surface area contributed by atoms with Gasteiger partial charge in [-0.15, -0.1) is 0 Å². The maximum absolute atomic E-state index is 11.8. The third-order valence-corrected chi connectivity index (χ3v) is 3.07. The number of esters is 1. The van der Waals surface area contributed by atoms with Gasteiger partial charge in [0, 0.05) is 11.8 Å². The molecule has 0 aliphatic rings. The van der Waals surface area contributed by atoms with E-state index < -0.39 is 0 Å². The smallest absolute Gasteiger partial charge is 0.338 e. The second kappa shape index (κ2) is 7.36. The first-order valence-electron chi connectivity index (χ1n) is 7.11. The second-order valence-corrected chi connectivity index (χ2v) is 4.79. The van der Waals surface area contributed by atoms with E-state index in [1.807, 2.05) is 31.2 Å². The number of hydrogen-bond acceptors (Lipinski definition) is 5. The third kappa shape index (κ3) is 3.91. The minimum absolute atomic E-state index is 0.360. The number of nitrogens with one attached hydrogen (secondary N) is 1. The summed E-state index contributed by atoms with van der Waals surface area (Å²) in [6, 6.07) is 12.6. The monoisotopic (exact) mass is 300 g/mol. The van der Waals surface area contributed by atoms with Gasteiger partial charge in [0.15, 0.2) is 0 Å². The summed E-state index contributed by atoms with van der Waals surface area (Å²) in [6.45, 7) is 2.35. The summed E-state index contributed by atoms with van der Waals surface area (Å²) in [5, 5.41) is 3.20. The van der Waals surface area contributed by atoms with Crippen LogP contribution in [0.25, 0.3) is 0 Å². The van der Waals surface area contributed by atoms with E-state index in [1.165, 1.54) is 0 Å². The lowest BCUT2D eigenvalue weighted by molar-refractivity contribution is 0.0505. The Morgan fingerprint density at radius 3 is 2.73 bits per heavy atom. The highest BCUT2D eigenvalue weighted by Crippen LogP contribution is 2.26. The molecule has 0 aliphatic carbocycles. The summed E-state index contributed by atoms with van der Waals surface area (Å²) in [5.74, 6) is 0.393. The first-order chi connectivity index (χ1) is 10.6. The molecule has 0 heterocycles. The van der Waals surface area contributed by atoms with Crippen molar-refractivity contribution in [3.05, 3.63) is 48.0 Å². The van der Waals surface area contributed by atoms with Crippen LogP contribution in [0.1, 0.15) is 23.7 Å². The molecule has 0 aliphatic heterocycles. The fourth-order valence-corrected chi connectivity index (χ4v) is 1.94. The zero-order valence-electron chi connectivity index (χ0n) is 12.8. The van der Waals surface area contributed by atoms with Gasteiger partial charge in [-0.2, -0.15) is 0 Å². The maximum Gasteiger partial charge on any atom is 0.338 e. The number of nitrogen functional groups attached to an aromatic ring is 1. The molecule has 2 aromatic carbocycles. The van der Waals surface area contributed by atoms with Crippen molar-refractivity contribution in [3.8, 4) is 5.75 Å². The van der Waals surface area contributed by atoms with Gasteiger partial charge in [0.2, 0.25) is 0 Å². The van der Waals surface area contributed by atoms with E-state index in [1.54, 1.807) is 25.3 Å². The van der Waals surface area contributed by atoms with Crippen LogP contribution in [-0.2, 0) is 4.74 Å². The molecule has 22 heavy (non-hydrogen) atoms. The Morgan fingerprint density at radius 2 is 2.05 bits per heavy atom. The third-order valence-electron chi connectivity index (χ3n) is 3.07. The average Bonchev–Trinajstić information content (AvgIpc) is 2.54. The Bertz CT molecular complexity index is 656. The van der Waals surface area contributed by atoms with Crippen molar-refractivity contribution in [1.29, 1.82) is 0 Å². The fraction of sp³-hybridized carbons (Fsp3) is 0.235. The predicted molar refractivity (Wildman–Crippen MR) is 87.7 cm³/mol. The second-order valence-electron chi connectivity index (χ2n) is 4.79. The number of methoxy groups -OCH3 is 1. The highest BCUT2D eigenvalue weighted by molar-refractivity contribution is 5.92. The van der Waals surface area contributed by atoms with Crippen LogP contribution in [0.4, 0.5) is 17.1 Å². The molecular formula is C17H20N2O3. The lowest BCUT2D eigenvalue weighted by Gasteiger charge is -2.11. The standard InChI is InChI=1S/C17H20N2O3/c1-3-9-22-17(20)12-7-8-16(15(18)10-12)19-13-5-4-6-14(11-13)21-2/h4-8,10-11,19H,3,9,18H2,1-2H3. The van der Waals surface area contributed by atoms with Gasteiger partial charge in [-0.05, 0) is 36.8 Å². The molecule has 0 fully saturated rings. The van der Waals surface area contributed by atoms with E-state index in [9.17, 15) is 4.79 Å². The van der Waals surface area contributed by atoms with Crippen LogP contribution in [0.5, 0.6) is 5.75 Å². The lowest BCUT2D eigenvalue weighted by Crippen LogP contribution is -2.07. The molecule has 3 N–H and O–H groups in total. The largest absolute Gasteiger partial charge is 0.497 e. The molecule has 116 valence electrons. The Morgan fingerprint density at radius 1 is 1.23 bits per heavy atom. The van der Waals surface area contributed by atoms with Crippen LogP contribution in [0.2, 0.25) is 0 Å². The van der Waals surface area contributed by atoms with Gasteiger partial charge in [-0.25, -0.2) is 4.79 Å². The van der Waals surface area contributed by atoms with E-state index >= 15 is 0 Å². The van der Waals surface area contributed by atoms with Crippen LogP contribution in [0.15, 0.2) is 42.5 Å². The molecule has 0 atom stereocenters. The fourth-order valence-electron chi connectivity index (χ4n) is 1.94. The molecule has 0 radical (unpaired) electrons. The highest BCUT2D eigenvalue weighted by atomic mass is 16.5. The Hall–Kier alpha value is -2.69. The van der Waals surface area contributed by atoms with Crippen molar-refractivity contribution < 1.29 is 14.3 Å². The predicted octanol–water partition coefficient (Wildman–Crippen LogP) is 3.59. The van der Waals surface area contributed by atoms with Crippen LogP contribution in [0.3, 0.4) is 0 Å². The summed E-state index contributed by atoms with van der Waals surface area (Å²) in [4.78, 5) is 11.8. The zero-order chi connectivity index (χ0) is 15.9. The van der Waals surface area contributed by atoms with Crippen LogP contribution in [0, 0.1) is 0 Å². The highest BCUT2D eigenvalue weighted by Gasteiger charge is 2.09. The van der Waals surface area contributed by atoms with Gasteiger partial charge < -0.3 is 20.5 Å². The van der Waals surface area contributed by atoms with Gasteiger partial charge in [0.25, 0.3) is 0 Å². The first-order valence-corrected chi connectivity index (χ1v) is 7.11. The van der Waals surface area contributed by atoms with Crippen molar-refractivity contribution in [2.45, 2.75) is 13.3 Å². The summed E-state index contributed by atoms with van der Waals surface area (Å²) < 4.78 is 10.3. The minimum Gasteiger partial charge on any atom is -0.497 e. The normalized spacial score (nSPS) is 10.1. The number of hydrogen-bond donors (Lipinski definition) is 2. The number of nitrogens with two attached hydrogens (primary N) is 1. The number of anilines is 3. The van der Waals surface area contributed by atoms with Gasteiger partial charge >= 0.3 is 5.97 Å². The lowest BCUT2D eigenvalue weighted by atomic mass is 10.1. The number of carbonyl (C=O) groups excluding carboxylic acids is 1. The molecule has 0 amide bonds. The molecule has 2 rings (SSSR count). The Balaban J connectivity index is 2.14. The molecule has 0 saturated heterocycles. The van der Waals surface area contributed by atoms with Gasteiger partial charge in [0.1, 0.15) is 5.75 Å². The summed E-state index contributed by atoms with van der Waals surface area (Å²) >= 11 is 0. The molecule has 5 heteroatoms. The molecule has 5 nitrogen and oxygen atoms in total. The quantitative estimate of drug-likeness (QED) is 0.630.